The van der Waals surface area contributed by atoms with E-state index in [-0.39, 0.29) is 6.10 Å². The topological polar surface area (TPSA) is 36.0 Å². The van der Waals surface area contributed by atoms with Gasteiger partial charge in [0.1, 0.15) is 0 Å². The molecule has 80 valence electrons. The Labute approximate surface area is 89.7 Å². The highest BCUT2D eigenvalue weighted by atomic mass is 16.3. The zero-order valence-corrected chi connectivity index (χ0v) is 8.76. The molecule has 0 aliphatic heterocycles. The zero-order chi connectivity index (χ0) is 9.99. The van der Waals surface area contributed by atoms with Crippen molar-refractivity contribution in [2.45, 2.75) is 25.4 Å². The highest BCUT2D eigenvalue weighted by Gasteiger charge is 2.66. The van der Waals surface area contributed by atoms with Gasteiger partial charge >= 0.3 is 0 Å². The van der Waals surface area contributed by atoms with Crippen LogP contribution in [0.3, 0.4) is 0 Å². The quantitative estimate of drug-likeness (QED) is 0.760. The van der Waals surface area contributed by atoms with Gasteiger partial charge in [0.25, 0.3) is 0 Å². The van der Waals surface area contributed by atoms with E-state index >= 15 is 0 Å². The number of H-pyrrole nitrogens is 1. The fraction of sp³-hybridized carbons (Fsp3) is 0.692. The highest BCUT2D eigenvalue weighted by Crippen LogP contribution is 2.72. The van der Waals surface area contributed by atoms with E-state index in [9.17, 15) is 5.11 Å². The Morgan fingerprint density at radius 2 is 2.00 bits per heavy atom. The average molecular weight is 203 g/mol. The van der Waals surface area contributed by atoms with Crippen molar-refractivity contribution < 1.29 is 5.11 Å². The Kier molecular flexibility index (Phi) is 1.50. The van der Waals surface area contributed by atoms with Crippen LogP contribution in [-0.2, 0) is 0 Å². The number of rotatable bonds is 2. The minimum absolute atomic E-state index is 0.199. The van der Waals surface area contributed by atoms with Gasteiger partial charge in [0, 0.05) is 12.4 Å². The number of aliphatic hydroxyl groups excluding tert-OH is 1. The lowest BCUT2D eigenvalue weighted by Crippen LogP contribution is -2.07. The minimum atomic E-state index is -0.199. The van der Waals surface area contributed by atoms with Gasteiger partial charge in [0.15, 0.2) is 0 Å². The molecule has 3 aliphatic rings. The van der Waals surface area contributed by atoms with Crippen LogP contribution in [0, 0.1) is 29.6 Å². The van der Waals surface area contributed by atoms with E-state index in [1.165, 1.54) is 19.3 Å². The maximum absolute atomic E-state index is 10.3. The second-order valence-electron chi connectivity index (χ2n) is 5.65. The predicted octanol–water partition coefficient (Wildman–Crippen LogP) is 2.34. The van der Waals surface area contributed by atoms with Crippen LogP contribution in [0.2, 0.25) is 0 Å². The fourth-order valence-corrected chi connectivity index (χ4v) is 4.56. The van der Waals surface area contributed by atoms with Crippen LogP contribution in [0.1, 0.15) is 30.9 Å². The predicted molar refractivity (Wildman–Crippen MR) is 57.1 cm³/mol. The summed E-state index contributed by atoms with van der Waals surface area (Å²) in [6.07, 6.45) is 7.98. The summed E-state index contributed by atoms with van der Waals surface area (Å²) in [6.45, 7) is 0. The summed E-state index contributed by atoms with van der Waals surface area (Å²) in [5.41, 5.74) is 1.09. The van der Waals surface area contributed by atoms with Gasteiger partial charge in [-0.2, -0.15) is 0 Å². The van der Waals surface area contributed by atoms with Crippen molar-refractivity contribution >= 4 is 0 Å². The lowest BCUT2D eigenvalue weighted by molar-refractivity contribution is 0.130. The third-order valence-electron chi connectivity index (χ3n) is 5.12. The third kappa shape index (κ3) is 0.984. The maximum Gasteiger partial charge on any atom is 0.0838 e. The molecule has 1 aromatic rings. The van der Waals surface area contributed by atoms with Gasteiger partial charge in [-0.15, -0.1) is 0 Å². The summed E-state index contributed by atoms with van der Waals surface area (Å²) in [7, 11) is 0. The van der Waals surface area contributed by atoms with Crippen molar-refractivity contribution in [1.29, 1.82) is 0 Å². The van der Waals surface area contributed by atoms with Crippen molar-refractivity contribution in [2.24, 2.45) is 29.6 Å². The van der Waals surface area contributed by atoms with E-state index in [0.29, 0.717) is 5.92 Å². The van der Waals surface area contributed by atoms with Crippen molar-refractivity contribution in [3.8, 4) is 0 Å². The molecule has 3 saturated carbocycles. The molecule has 5 unspecified atom stereocenters. The Bertz CT molecular complexity index is 356. The first-order valence-corrected chi connectivity index (χ1v) is 6.17. The molecule has 1 aromatic heterocycles. The summed E-state index contributed by atoms with van der Waals surface area (Å²) in [5, 5.41) is 10.3. The van der Waals surface area contributed by atoms with E-state index in [4.69, 9.17) is 0 Å². The van der Waals surface area contributed by atoms with Crippen molar-refractivity contribution in [3.63, 3.8) is 0 Å². The highest BCUT2D eigenvalue weighted by molar-refractivity contribution is 5.22. The SMILES string of the molecule is OC(c1cc[nH]c1)C1C2C3CCC(C3)C21. The molecule has 2 bridgehead atoms. The first-order chi connectivity index (χ1) is 7.36. The normalized spacial score (nSPS) is 47.9. The van der Waals surface area contributed by atoms with Gasteiger partial charge < -0.3 is 10.1 Å². The molecule has 2 heteroatoms. The lowest BCUT2D eigenvalue weighted by Gasteiger charge is -2.13. The van der Waals surface area contributed by atoms with Crippen LogP contribution >= 0.6 is 0 Å². The zero-order valence-electron chi connectivity index (χ0n) is 8.76. The van der Waals surface area contributed by atoms with Crippen molar-refractivity contribution in [3.05, 3.63) is 24.0 Å². The first kappa shape index (κ1) is 8.40. The van der Waals surface area contributed by atoms with E-state index in [2.05, 4.69) is 4.98 Å². The Hall–Kier alpha value is -0.760. The number of nitrogens with one attached hydrogen (secondary N) is 1. The van der Waals surface area contributed by atoms with Gasteiger partial charge in [-0.3, -0.25) is 0 Å². The van der Waals surface area contributed by atoms with Crippen LogP contribution in [0.4, 0.5) is 0 Å². The van der Waals surface area contributed by atoms with E-state index in [1.54, 1.807) is 0 Å². The molecule has 0 amide bonds. The van der Waals surface area contributed by atoms with Crippen LogP contribution in [0.15, 0.2) is 18.5 Å². The Balaban J connectivity index is 1.58. The first-order valence-electron chi connectivity index (χ1n) is 6.17. The van der Waals surface area contributed by atoms with Crippen LogP contribution in [0.5, 0.6) is 0 Å². The van der Waals surface area contributed by atoms with Crippen LogP contribution in [0.25, 0.3) is 0 Å². The van der Waals surface area contributed by atoms with Gasteiger partial charge in [0.2, 0.25) is 0 Å². The molecule has 5 atom stereocenters. The standard InChI is InChI=1S/C13H17NO/c15-13(9-3-4-14-6-9)12-10-7-1-2-8(5-7)11(10)12/h3-4,6-8,10-15H,1-2,5H2. The molecule has 0 aromatic carbocycles. The smallest absolute Gasteiger partial charge is 0.0838 e. The number of aliphatic hydroxyl groups is 1. The van der Waals surface area contributed by atoms with Gasteiger partial charge in [-0.1, -0.05) is 0 Å². The van der Waals surface area contributed by atoms with Gasteiger partial charge in [-0.05, 0) is 60.5 Å². The number of hydrogen-bond donors (Lipinski definition) is 2. The maximum atomic E-state index is 10.3. The molecular weight excluding hydrogens is 186 g/mol. The minimum Gasteiger partial charge on any atom is -0.388 e. The van der Waals surface area contributed by atoms with Crippen molar-refractivity contribution in [2.75, 3.05) is 0 Å². The molecular formula is C13H17NO. The van der Waals surface area contributed by atoms with Crippen LogP contribution in [-0.4, -0.2) is 10.1 Å². The molecule has 2 N–H and O–H groups in total. The number of aromatic nitrogens is 1. The van der Waals surface area contributed by atoms with Gasteiger partial charge in [-0.25, -0.2) is 0 Å². The summed E-state index contributed by atoms with van der Waals surface area (Å²) < 4.78 is 0. The van der Waals surface area contributed by atoms with E-state index < -0.39 is 0 Å². The molecule has 2 nitrogen and oxygen atoms in total. The largest absolute Gasteiger partial charge is 0.388 e. The second-order valence-corrected chi connectivity index (χ2v) is 5.65. The average Bonchev–Trinajstić information content (AvgIpc) is 2.70. The molecule has 0 radical (unpaired) electrons. The fourth-order valence-electron chi connectivity index (χ4n) is 4.56. The summed E-state index contributed by atoms with van der Waals surface area (Å²) >= 11 is 0. The second kappa shape index (κ2) is 2.67. The number of hydrogen-bond acceptors (Lipinski definition) is 1. The summed E-state index contributed by atoms with van der Waals surface area (Å²) in [6, 6.07) is 2.01. The van der Waals surface area contributed by atoms with Crippen LogP contribution < -0.4 is 0 Å². The molecule has 4 rings (SSSR count). The Morgan fingerprint density at radius 1 is 1.27 bits per heavy atom. The third-order valence-corrected chi connectivity index (χ3v) is 5.12. The van der Waals surface area contributed by atoms with E-state index in [1.807, 2.05) is 18.5 Å². The number of aromatic amines is 1. The van der Waals surface area contributed by atoms with Crippen molar-refractivity contribution in [1.82, 2.24) is 4.98 Å². The molecule has 1 heterocycles. The Morgan fingerprint density at radius 3 is 2.60 bits per heavy atom. The molecule has 0 spiro atoms. The van der Waals surface area contributed by atoms with Gasteiger partial charge in [0.05, 0.1) is 6.10 Å². The molecule has 3 fully saturated rings. The lowest BCUT2D eigenvalue weighted by atomic mass is 9.96. The number of fused-ring (bicyclic) bond motifs is 5. The molecule has 0 saturated heterocycles. The molecule has 3 aliphatic carbocycles. The summed E-state index contributed by atoms with van der Waals surface area (Å²) in [5.74, 6) is 4.24. The monoisotopic (exact) mass is 203 g/mol. The summed E-state index contributed by atoms with van der Waals surface area (Å²) in [4.78, 5) is 3.04. The molecule has 15 heavy (non-hydrogen) atoms. The van der Waals surface area contributed by atoms with E-state index in [0.717, 1.165) is 29.2 Å².